The van der Waals surface area contributed by atoms with E-state index in [9.17, 15) is 9.18 Å². The minimum Gasteiger partial charge on any atom is -0.497 e. The van der Waals surface area contributed by atoms with Crippen molar-refractivity contribution in [2.45, 2.75) is 32.9 Å². The van der Waals surface area contributed by atoms with Gasteiger partial charge in [-0.15, -0.1) is 0 Å². The van der Waals surface area contributed by atoms with E-state index >= 15 is 0 Å². The van der Waals surface area contributed by atoms with Gasteiger partial charge in [-0.25, -0.2) is 14.1 Å². The zero-order valence-electron chi connectivity index (χ0n) is 16.1. The van der Waals surface area contributed by atoms with Gasteiger partial charge >= 0.3 is 0 Å². The van der Waals surface area contributed by atoms with Gasteiger partial charge in [0.05, 0.1) is 13.2 Å². The van der Waals surface area contributed by atoms with Crippen LogP contribution in [0.2, 0.25) is 0 Å². The number of nitrogens with one attached hydrogen (secondary N) is 1. The van der Waals surface area contributed by atoms with E-state index in [4.69, 9.17) is 4.74 Å². The highest BCUT2D eigenvalue weighted by atomic mass is 19.1. The molecular formula is C21H23FN4O2. The Morgan fingerprint density at radius 2 is 2.11 bits per heavy atom. The molecule has 0 aliphatic rings. The highest BCUT2D eigenvalue weighted by Crippen LogP contribution is 2.27. The Morgan fingerprint density at radius 1 is 1.29 bits per heavy atom. The van der Waals surface area contributed by atoms with Crippen molar-refractivity contribution in [3.63, 3.8) is 0 Å². The number of ether oxygens (including phenoxy) is 1. The normalized spacial score (nSPS) is 11.9. The molecule has 3 rings (SSSR count). The number of hydrogen-bond acceptors (Lipinski definition) is 4. The number of aromatic nitrogens is 3. The molecule has 0 spiro atoms. The molecule has 6 nitrogen and oxygen atoms in total. The fraction of sp³-hybridized carbons (Fsp3) is 0.286. The minimum atomic E-state index is -0.405. The van der Waals surface area contributed by atoms with E-state index in [1.807, 2.05) is 6.92 Å². The number of carbonyl (C=O) groups excluding carboxylic acids is 1. The number of aryl methyl sites for hydroxylation is 1. The molecule has 1 amide bonds. The van der Waals surface area contributed by atoms with Crippen LogP contribution in [0.25, 0.3) is 11.1 Å². The Balaban J connectivity index is 1.80. The Kier molecular flexibility index (Phi) is 6.03. The second kappa shape index (κ2) is 8.65. The smallest absolute Gasteiger partial charge is 0.251 e. The van der Waals surface area contributed by atoms with Crippen LogP contribution in [0.4, 0.5) is 4.39 Å². The lowest BCUT2D eigenvalue weighted by atomic mass is 10.0. The number of halogens is 1. The molecule has 146 valence electrons. The molecule has 0 saturated carbocycles. The van der Waals surface area contributed by atoms with E-state index in [0.717, 1.165) is 13.0 Å². The quantitative estimate of drug-likeness (QED) is 0.671. The minimum absolute atomic E-state index is 0.255. The summed E-state index contributed by atoms with van der Waals surface area (Å²) >= 11 is 0. The van der Waals surface area contributed by atoms with Gasteiger partial charge in [-0.3, -0.25) is 4.79 Å². The lowest BCUT2D eigenvalue weighted by Crippen LogP contribution is -2.29. The van der Waals surface area contributed by atoms with Crippen molar-refractivity contribution in [1.82, 2.24) is 20.1 Å². The van der Waals surface area contributed by atoms with Crippen LogP contribution < -0.4 is 10.1 Å². The van der Waals surface area contributed by atoms with Crippen molar-refractivity contribution in [3.05, 3.63) is 66.0 Å². The zero-order chi connectivity index (χ0) is 20.1. The lowest BCUT2D eigenvalue weighted by molar-refractivity contribution is 0.0937. The monoisotopic (exact) mass is 382 g/mol. The Bertz CT molecular complexity index is 971. The maximum atomic E-state index is 14.4. The second-order valence-electron chi connectivity index (χ2n) is 6.46. The third-order valence-corrected chi connectivity index (χ3v) is 4.43. The number of benzene rings is 2. The fourth-order valence-corrected chi connectivity index (χ4v) is 3.02. The first-order valence-corrected chi connectivity index (χ1v) is 9.16. The average Bonchev–Trinajstić information content (AvgIpc) is 3.16. The SMILES string of the molecule is CCCn1ncnc1[C@H](C)NC(=O)c1cccc(-c2ccc(OC)cc2F)c1. The van der Waals surface area contributed by atoms with Gasteiger partial charge in [-0.05, 0) is 43.2 Å². The number of hydrogen-bond donors (Lipinski definition) is 1. The van der Waals surface area contributed by atoms with E-state index in [-0.39, 0.29) is 11.9 Å². The Morgan fingerprint density at radius 3 is 2.82 bits per heavy atom. The van der Waals surface area contributed by atoms with Crippen molar-refractivity contribution < 1.29 is 13.9 Å². The van der Waals surface area contributed by atoms with Gasteiger partial charge in [0, 0.05) is 23.7 Å². The summed E-state index contributed by atoms with van der Waals surface area (Å²) in [5, 5.41) is 7.12. The van der Waals surface area contributed by atoms with Gasteiger partial charge in [0.1, 0.15) is 23.7 Å². The molecule has 0 radical (unpaired) electrons. The summed E-state index contributed by atoms with van der Waals surface area (Å²) in [5.41, 5.74) is 1.47. The molecule has 1 N–H and O–H groups in total. The van der Waals surface area contributed by atoms with Crippen LogP contribution >= 0.6 is 0 Å². The summed E-state index contributed by atoms with van der Waals surface area (Å²) in [4.78, 5) is 17.0. The van der Waals surface area contributed by atoms with Crippen molar-refractivity contribution in [1.29, 1.82) is 0 Å². The Hall–Kier alpha value is -3.22. The zero-order valence-corrected chi connectivity index (χ0v) is 16.1. The van der Waals surface area contributed by atoms with Gasteiger partial charge < -0.3 is 10.1 Å². The summed E-state index contributed by atoms with van der Waals surface area (Å²) in [7, 11) is 1.49. The number of rotatable bonds is 7. The van der Waals surface area contributed by atoms with Crippen LogP contribution in [0.15, 0.2) is 48.8 Å². The number of methoxy groups -OCH3 is 1. The van der Waals surface area contributed by atoms with Crippen LogP contribution in [0.5, 0.6) is 5.75 Å². The molecule has 0 saturated heterocycles. The number of carbonyl (C=O) groups is 1. The van der Waals surface area contributed by atoms with Gasteiger partial charge in [0.15, 0.2) is 0 Å². The van der Waals surface area contributed by atoms with Crippen LogP contribution in [-0.2, 0) is 6.54 Å². The van der Waals surface area contributed by atoms with E-state index in [2.05, 4.69) is 22.3 Å². The topological polar surface area (TPSA) is 69.0 Å². The molecular weight excluding hydrogens is 359 g/mol. The number of amides is 1. The van der Waals surface area contributed by atoms with E-state index in [1.54, 1.807) is 41.1 Å². The molecule has 0 unspecified atom stereocenters. The average molecular weight is 382 g/mol. The third-order valence-electron chi connectivity index (χ3n) is 4.43. The van der Waals surface area contributed by atoms with Crippen LogP contribution in [-0.4, -0.2) is 27.8 Å². The first-order valence-electron chi connectivity index (χ1n) is 9.16. The van der Waals surface area contributed by atoms with Crippen LogP contribution in [0, 0.1) is 5.82 Å². The highest BCUT2D eigenvalue weighted by Gasteiger charge is 2.17. The summed E-state index contributed by atoms with van der Waals surface area (Å²) in [6.45, 7) is 4.65. The largest absolute Gasteiger partial charge is 0.497 e. The molecule has 1 heterocycles. The predicted molar refractivity (Wildman–Crippen MR) is 105 cm³/mol. The fourth-order valence-electron chi connectivity index (χ4n) is 3.02. The van der Waals surface area contributed by atoms with Crippen molar-refractivity contribution >= 4 is 5.91 Å². The summed E-state index contributed by atoms with van der Waals surface area (Å²) in [6.07, 6.45) is 2.41. The molecule has 0 fully saturated rings. The summed E-state index contributed by atoms with van der Waals surface area (Å²) in [6, 6.07) is 11.2. The van der Waals surface area contributed by atoms with Crippen LogP contribution in [0.3, 0.4) is 0 Å². The maximum Gasteiger partial charge on any atom is 0.251 e. The molecule has 0 aliphatic carbocycles. The van der Waals surface area contributed by atoms with Crippen molar-refractivity contribution in [2.75, 3.05) is 7.11 Å². The van der Waals surface area contributed by atoms with Gasteiger partial charge in [-0.2, -0.15) is 5.10 Å². The first kappa shape index (κ1) is 19.5. The van der Waals surface area contributed by atoms with Crippen LogP contribution in [0.1, 0.15) is 42.5 Å². The van der Waals surface area contributed by atoms with Crippen molar-refractivity contribution in [3.8, 4) is 16.9 Å². The standard InChI is InChI=1S/C21H23FN4O2/c1-4-10-26-20(23-13-24-26)14(2)25-21(27)16-7-5-6-15(11-16)18-9-8-17(28-3)12-19(18)22/h5-9,11-14H,4,10H2,1-3H3,(H,25,27)/t14-/m0/s1. The summed E-state index contributed by atoms with van der Waals surface area (Å²) < 4.78 is 21.2. The molecule has 7 heteroatoms. The van der Waals surface area contributed by atoms with E-state index in [0.29, 0.717) is 28.3 Å². The molecule has 1 aromatic heterocycles. The lowest BCUT2D eigenvalue weighted by Gasteiger charge is -2.15. The second-order valence-corrected chi connectivity index (χ2v) is 6.46. The third kappa shape index (κ3) is 4.19. The molecule has 0 bridgehead atoms. The Labute approximate surface area is 163 Å². The maximum absolute atomic E-state index is 14.4. The first-order chi connectivity index (χ1) is 13.5. The number of nitrogens with zero attached hydrogens (tertiary/aromatic N) is 3. The van der Waals surface area contributed by atoms with Crippen molar-refractivity contribution in [2.24, 2.45) is 0 Å². The molecule has 2 aromatic carbocycles. The molecule has 3 aromatic rings. The van der Waals surface area contributed by atoms with E-state index in [1.165, 1.54) is 19.5 Å². The van der Waals surface area contributed by atoms with Gasteiger partial charge in [0.2, 0.25) is 0 Å². The van der Waals surface area contributed by atoms with Gasteiger partial charge in [0.25, 0.3) is 5.91 Å². The van der Waals surface area contributed by atoms with E-state index < -0.39 is 5.82 Å². The molecule has 1 atom stereocenters. The predicted octanol–water partition coefficient (Wildman–Crippen LogP) is 3.99. The summed E-state index contributed by atoms with van der Waals surface area (Å²) in [5.74, 6) is 0.486. The molecule has 0 aliphatic heterocycles. The molecule has 28 heavy (non-hydrogen) atoms. The highest BCUT2D eigenvalue weighted by molar-refractivity contribution is 5.95. The van der Waals surface area contributed by atoms with Gasteiger partial charge in [-0.1, -0.05) is 19.1 Å².